The summed E-state index contributed by atoms with van der Waals surface area (Å²) in [5, 5.41) is 2.60. The molecule has 0 radical (unpaired) electrons. The minimum absolute atomic E-state index is 0. The summed E-state index contributed by atoms with van der Waals surface area (Å²) in [7, 11) is 1.30. The molecule has 1 aromatic heterocycles. The van der Waals surface area contributed by atoms with Gasteiger partial charge < -0.3 is 19.8 Å². The van der Waals surface area contributed by atoms with E-state index in [0.717, 1.165) is 0 Å². The van der Waals surface area contributed by atoms with Gasteiger partial charge in [-0.15, -0.1) is 12.4 Å². The van der Waals surface area contributed by atoms with Crippen molar-refractivity contribution < 1.29 is 19.1 Å². The average molecular weight is 306 g/mol. The Hall–Kier alpha value is -1.76. The second-order valence-electron chi connectivity index (χ2n) is 4.91. The van der Waals surface area contributed by atoms with E-state index in [0.29, 0.717) is 18.8 Å². The molecule has 0 spiro atoms. The van der Waals surface area contributed by atoms with Gasteiger partial charge in [0.15, 0.2) is 0 Å². The van der Waals surface area contributed by atoms with E-state index in [9.17, 15) is 9.59 Å². The quantitative estimate of drug-likeness (QED) is 0.826. The third-order valence-corrected chi connectivity index (χ3v) is 2.06. The lowest BCUT2D eigenvalue weighted by Gasteiger charge is -2.19. The molecule has 0 fully saturated rings. The zero-order valence-corrected chi connectivity index (χ0v) is 12.8. The molecule has 0 saturated carbocycles. The first-order valence-electron chi connectivity index (χ1n) is 5.91. The summed E-state index contributed by atoms with van der Waals surface area (Å²) in [6.45, 7) is 5.74. The number of amides is 1. The summed E-state index contributed by atoms with van der Waals surface area (Å²) in [6.07, 6.45) is 1.39. The first-order valence-corrected chi connectivity index (χ1v) is 5.91. The number of alkyl carbamates (subject to hydrolysis) is 1. The van der Waals surface area contributed by atoms with E-state index in [1.54, 1.807) is 20.8 Å². The number of ether oxygens (including phenoxy) is 2. The molecule has 0 atom stereocenters. The van der Waals surface area contributed by atoms with E-state index >= 15 is 0 Å². The third-order valence-electron chi connectivity index (χ3n) is 2.06. The van der Waals surface area contributed by atoms with Gasteiger partial charge in [0.05, 0.1) is 13.3 Å². The molecule has 0 aliphatic rings. The highest BCUT2D eigenvalue weighted by molar-refractivity contribution is 5.86. The third kappa shape index (κ3) is 6.42. The van der Waals surface area contributed by atoms with Crippen molar-refractivity contribution in [1.29, 1.82) is 0 Å². The van der Waals surface area contributed by atoms with E-state index < -0.39 is 17.7 Å². The first-order chi connectivity index (χ1) is 8.81. The maximum Gasteiger partial charge on any atom is 0.407 e. The number of aromatic amines is 1. The van der Waals surface area contributed by atoms with Gasteiger partial charge in [0, 0.05) is 13.0 Å². The van der Waals surface area contributed by atoms with Crippen LogP contribution in [0.1, 0.15) is 37.1 Å². The van der Waals surface area contributed by atoms with Gasteiger partial charge in [-0.3, -0.25) is 0 Å². The lowest BCUT2D eigenvalue weighted by molar-refractivity contribution is 0.0526. The van der Waals surface area contributed by atoms with Crippen LogP contribution in [0.3, 0.4) is 0 Å². The SMILES string of the molecule is COC(=O)c1cnc(CCNC(=O)OC(C)(C)C)[nH]1.Cl. The van der Waals surface area contributed by atoms with Crippen LogP contribution in [-0.2, 0) is 15.9 Å². The van der Waals surface area contributed by atoms with Gasteiger partial charge in [0.1, 0.15) is 17.1 Å². The summed E-state index contributed by atoms with van der Waals surface area (Å²) < 4.78 is 9.63. The Morgan fingerprint density at radius 1 is 1.40 bits per heavy atom. The highest BCUT2D eigenvalue weighted by Gasteiger charge is 2.15. The van der Waals surface area contributed by atoms with Crippen molar-refractivity contribution in [2.24, 2.45) is 0 Å². The molecule has 2 N–H and O–H groups in total. The standard InChI is InChI=1S/C12H19N3O4.ClH/c1-12(2,3)19-11(17)13-6-5-9-14-7-8(15-9)10(16)18-4;/h7H,5-6H2,1-4H3,(H,13,17)(H,14,15);1H. The summed E-state index contributed by atoms with van der Waals surface area (Å²) in [5.74, 6) is 0.121. The number of rotatable bonds is 4. The number of methoxy groups -OCH3 is 1. The van der Waals surface area contributed by atoms with Gasteiger partial charge in [-0.25, -0.2) is 14.6 Å². The molecule has 0 aliphatic carbocycles. The predicted octanol–water partition coefficient (Wildman–Crippen LogP) is 1.69. The molecule has 0 saturated heterocycles. The van der Waals surface area contributed by atoms with Gasteiger partial charge in [-0.05, 0) is 20.8 Å². The largest absolute Gasteiger partial charge is 0.464 e. The van der Waals surface area contributed by atoms with Crippen LogP contribution >= 0.6 is 12.4 Å². The zero-order valence-electron chi connectivity index (χ0n) is 12.0. The molecule has 114 valence electrons. The van der Waals surface area contributed by atoms with Crippen molar-refractivity contribution in [2.75, 3.05) is 13.7 Å². The van der Waals surface area contributed by atoms with Crippen molar-refractivity contribution in [3.63, 3.8) is 0 Å². The fourth-order valence-electron chi connectivity index (χ4n) is 1.30. The highest BCUT2D eigenvalue weighted by atomic mass is 35.5. The number of H-pyrrole nitrogens is 1. The Kier molecular flexibility index (Phi) is 7.06. The summed E-state index contributed by atoms with van der Waals surface area (Å²) in [4.78, 5) is 29.4. The number of hydrogen-bond acceptors (Lipinski definition) is 5. The molecule has 7 nitrogen and oxygen atoms in total. The number of carbonyl (C=O) groups is 2. The summed E-state index contributed by atoms with van der Waals surface area (Å²) in [6, 6.07) is 0. The molecular weight excluding hydrogens is 286 g/mol. The van der Waals surface area contributed by atoms with Crippen molar-refractivity contribution in [1.82, 2.24) is 15.3 Å². The Morgan fingerprint density at radius 3 is 2.60 bits per heavy atom. The molecule has 1 aromatic rings. The van der Waals surface area contributed by atoms with Crippen LogP contribution in [0.2, 0.25) is 0 Å². The lowest BCUT2D eigenvalue weighted by Crippen LogP contribution is -2.33. The number of esters is 1. The fourth-order valence-corrected chi connectivity index (χ4v) is 1.30. The van der Waals surface area contributed by atoms with Crippen LogP contribution in [0.5, 0.6) is 0 Å². The van der Waals surface area contributed by atoms with E-state index in [2.05, 4.69) is 20.0 Å². The van der Waals surface area contributed by atoms with Gasteiger partial charge >= 0.3 is 12.1 Å². The number of hydrogen-bond donors (Lipinski definition) is 2. The molecule has 1 amide bonds. The topological polar surface area (TPSA) is 93.3 Å². The van der Waals surface area contributed by atoms with E-state index in [1.165, 1.54) is 13.3 Å². The molecule has 20 heavy (non-hydrogen) atoms. The highest BCUT2D eigenvalue weighted by Crippen LogP contribution is 2.06. The lowest BCUT2D eigenvalue weighted by atomic mass is 10.2. The number of halogens is 1. The minimum Gasteiger partial charge on any atom is -0.464 e. The number of carbonyl (C=O) groups excluding carboxylic acids is 2. The predicted molar refractivity (Wildman–Crippen MR) is 75.1 cm³/mol. The van der Waals surface area contributed by atoms with E-state index in [1.807, 2.05) is 0 Å². The molecule has 1 rings (SSSR count). The Labute approximate surface area is 123 Å². The maximum atomic E-state index is 11.4. The van der Waals surface area contributed by atoms with E-state index in [-0.39, 0.29) is 18.1 Å². The number of aromatic nitrogens is 2. The smallest absolute Gasteiger partial charge is 0.407 e. The van der Waals surface area contributed by atoms with Gasteiger partial charge in [-0.1, -0.05) is 0 Å². The monoisotopic (exact) mass is 305 g/mol. The Balaban J connectivity index is 0.00000361. The Bertz CT molecular complexity index is 454. The van der Waals surface area contributed by atoms with Crippen LogP contribution < -0.4 is 5.32 Å². The van der Waals surface area contributed by atoms with Crippen LogP contribution in [0, 0.1) is 0 Å². The molecular formula is C12H20ClN3O4. The zero-order chi connectivity index (χ0) is 14.5. The van der Waals surface area contributed by atoms with Crippen LogP contribution in [-0.4, -0.2) is 41.3 Å². The van der Waals surface area contributed by atoms with Crippen LogP contribution in [0.4, 0.5) is 4.79 Å². The van der Waals surface area contributed by atoms with Crippen LogP contribution in [0.25, 0.3) is 0 Å². The van der Waals surface area contributed by atoms with Crippen LogP contribution in [0.15, 0.2) is 6.20 Å². The van der Waals surface area contributed by atoms with Crippen molar-refractivity contribution >= 4 is 24.5 Å². The fraction of sp³-hybridized carbons (Fsp3) is 0.583. The molecule has 1 heterocycles. The number of nitrogens with zero attached hydrogens (tertiary/aromatic N) is 1. The van der Waals surface area contributed by atoms with E-state index in [4.69, 9.17) is 4.74 Å². The first kappa shape index (κ1) is 18.2. The molecule has 0 bridgehead atoms. The van der Waals surface area contributed by atoms with Crippen molar-refractivity contribution in [3.05, 3.63) is 17.7 Å². The normalized spacial score (nSPS) is 10.4. The molecule has 0 aromatic carbocycles. The second kappa shape index (κ2) is 7.74. The molecule has 8 heteroatoms. The maximum absolute atomic E-state index is 11.4. The van der Waals surface area contributed by atoms with Gasteiger partial charge in [0.25, 0.3) is 0 Å². The number of nitrogens with one attached hydrogen (secondary N) is 2. The minimum atomic E-state index is -0.521. The van der Waals surface area contributed by atoms with Crippen molar-refractivity contribution in [3.8, 4) is 0 Å². The second-order valence-corrected chi connectivity index (χ2v) is 4.91. The molecule has 0 unspecified atom stereocenters. The average Bonchev–Trinajstić information content (AvgIpc) is 2.74. The molecule has 0 aliphatic heterocycles. The van der Waals surface area contributed by atoms with Gasteiger partial charge in [-0.2, -0.15) is 0 Å². The Morgan fingerprint density at radius 2 is 2.05 bits per heavy atom. The summed E-state index contributed by atoms with van der Waals surface area (Å²) >= 11 is 0. The van der Waals surface area contributed by atoms with Gasteiger partial charge in [0.2, 0.25) is 0 Å². The van der Waals surface area contributed by atoms with Crippen molar-refractivity contribution in [2.45, 2.75) is 32.8 Å². The number of imidazole rings is 1. The summed E-state index contributed by atoms with van der Waals surface area (Å²) in [5.41, 5.74) is -0.234.